The molecule has 51 heavy (non-hydrogen) atoms. The van der Waals surface area contributed by atoms with E-state index in [-0.39, 0.29) is 18.9 Å². The third kappa shape index (κ3) is 22.9. The van der Waals surface area contributed by atoms with Crippen molar-refractivity contribution in [3.05, 3.63) is 0 Å². The van der Waals surface area contributed by atoms with Crippen LogP contribution in [-0.4, -0.2) is 98.7 Å². The molecule has 1 aliphatic heterocycles. The first-order valence-corrected chi connectivity index (χ1v) is 21.2. The lowest BCUT2D eigenvalue weighted by Crippen LogP contribution is -2.60. The van der Waals surface area contributed by atoms with Crippen LogP contribution in [-0.2, 0) is 14.3 Å². The van der Waals surface area contributed by atoms with Crippen molar-refractivity contribution in [2.24, 2.45) is 5.92 Å². The van der Waals surface area contributed by atoms with Gasteiger partial charge in [0.15, 0.2) is 6.29 Å². The van der Waals surface area contributed by atoms with Crippen LogP contribution in [0.3, 0.4) is 0 Å². The van der Waals surface area contributed by atoms with E-state index in [1.54, 1.807) is 0 Å². The first-order valence-electron chi connectivity index (χ1n) is 21.2. The fourth-order valence-electron chi connectivity index (χ4n) is 6.94. The maximum absolute atomic E-state index is 12.9. The summed E-state index contributed by atoms with van der Waals surface area (Å²) in [6.45, 7) is 5.90. The van der Waals surface area contributed by atoms with E-state index < -0.39 is 55.6 Å². The maximum atomic E-state index is 12.9. The van der Waals surface area contributed by atoms with E-state index in [4.69, 9.17) is 9.47 Å². The van der Waals surface area contributed by atoms with Crippen molar-refractivity contribution in [2.45, 2.75) is 237 Å². The van der Waals surface area contributed by atoms with Gasteiger partial charge in [-0.1, -0.05) is 168 Å². The number of unbranched alkanes of at least 4 members (excludes halogenated alkanes) is 20. The number of aliphatic hydroxyl groups excluding tert-OH is 6. The highest BCUT2D eigenvalue weighted by atomic mass is 16.7. The van der Waals surface area contributed by atoms with Crippen LogP contribution in [0.4, 0.5) is 0 Å². The molecule has 1 saturated heterocycles. The van der Waals surface area contributed by atoms with Gasteiger partial charge in [0.05, 0.1) is 25.4 Å². The Bertz CT molecular complexity index is 803. The molecule has 1 heterocycles. The SMILES string of the molecule is CCCCCCCCCCCCCCCCCC(=O)N[C@@H](CO[C@@H]1O[C@H](CO)[C@H](O)[C@H](O)[C@H]1O)[C@H](O)[C@H](O)CCCCCCCCCC(C)CC. The van der Waals surface area contributed by atoms with Gasteiger partial charge in [-0.2, -0.15) is 0 Å². The summed E-state index contributed by atoms with van der Waals surface area (Å²) >= 11 is 0. The van der Waals surface area contributed by atoms with Gasteiger partial charge in [0.2, 0.25) is 5.91 Å². The van der Waals surface area contributed by atoms with Gasteiger partial charge in [0.25, 0.3) is 0 Å². The molecular weight excluding hydrogens is 650 g/mol. The normalized spacial score (nSPS) is 23.2. The average molecular weight is 732 g/mol. The highest BCUT2D eigenvalue weighted by molar-refractivity contribution is 5.76. The summed E-state index contributed by atoms with van der Waals surface area (Å²) in [5.41, 5.74) is 0. The van der Waals surface area contributed by atoms with Gasteiger partial charge >= 0.3 is 0 Å². The van der Waals surface area contributed by atoms with E-state index >= 15 is 0 Å². The van der Waals surface area contributed by atoms with Crippen molar-refractivity contribution in [3.63, 3.8) is 0 Å². The summed E-state index contributed by atoms with van der Waals surface area (Å²) in [7, 11) is 0. The molecule has 0 aromatic carbocycles. The Kier molecular flexibility index (Phi) is 29.7. The molecule has 0 aromatic heterocycles. The lowest BCUT2D eigenvalue weighted by Gasteiger charge is -2.40. The van der Waals surface area contributed by atoms with Gasteiger partial charge in [-0.05, 0) is 18.8 Å². The molecule has 10 nitrogen and oxygen atoms in total. The minimum atomic E-state index is -1.60. The molecule has 0 bridgehead atoms. The summed E-state index contributed by atoms with van der Waals surface area (Å²) in [5.74, 6) is 0.537. The predicted octanol–water partition coefficient (Wildman–Crippen LogP) is 6.83. The molecule has 1 amide bonds. The van der Waals surface area contributed by atoms with Crippen molar-refractivity contribution in [3.8, 4) is 0 Å². The lowest BCUT2D eigenvalue weighted by atomic mass is 9.98. The van der Waals surface area contributed by atoms with Gasteiger partial charge in [0.1, 0.15) is 30.5 Å². The Labute approximate surface area is 311 Å². The van der Waals surface area contributed by atoms with E-state index in [0.29, 0.717) is 6.42 Å². The van der Waals surface area contributed by atoms with Crippen molar-refractivity contribution >= 4 is 5.91 Å². The zero-order chi connectivity index (χ0) is 37.7. The van der Waals surface area contributed by atoms with Crippen LogP contribution in [0.2, 0.25) is 0 Å². The molecule has 7 N–H and O–H groups in total. The molecule has 0 spiro atoms. The van der Waals surface area contributed by atoms with Gasteiger partial charge in [-0.25, -0.2) is 0 Å². The third-order valence-corrected chi connectivity index (χ3v) is 10.8. The fraction of sp³-hybridized carbons (Fsp3) is 0.976. The number of hydrogen-bond acceptors (Lipinski definition) is 9. The number of nitrogens with one attached hydrogen (secondary N) is 1. The number of aliphatic hydroxyl groups is 6. The molecule has 9 atom stereocenters. The molecule has 304 valence electrons. The standard InChI is InChI=1S/C41H81NO9/c1-4-6-7-8-9-10-11-12-13-14-15-16-20-23-26-29-36(45)42-33(31-50-41-40(49)39(48)38(47)35(30-43)51-41)37(46)34(44)28-25-22-19-17-18-21-24-27-32(3)5-2/h32-35,37-41,43-44,46-49H,4-31H2,1-3H3,(H,42,45)/t32?,33-,34+,35+,37-,38-,39-,40+,41+/m0/s1. The minimum absolute atomic E-state index is 0.258. The summed E-state index contributed by atoms with van der Waals surface area (Å²) in [4.78, 5) is 12.9. The summed E-state index contributed by atoms with van der Waals surface area (Å²) < 4.78 is 11.1. The molecule has 1 unspecified atom stereocenters. The Morgan fingerprint density at radius 2 is 1.14 bits per heavy atom. The van der Waals surface area contributed by atoms with Crippen LogP contribution in [0.15, 0.2) is 0 Å². The van der Waals surface area contributed by atoms with E-state index in [2.05, 4.69) is 26.1 Å². The lowest BCUT2D eigenvalue weighted by molar-refractivity contribution is -0.303. The monoisotopic (exact) mass is 732 g/mol. The molecule has 0 aromatic rings. The Morgan fingerprint density at radius 1 is 0.667 bits per heavy atom. The zero-order valence-corrected chi connectivity index (χ0v) is 32.9. The van der Waals surface area contributed by atoms with Crippen LogP contribution >= 0.6 is 0 Å². The summed E-state index contributed by atoms with van der Waals surface area (Å²) in [6, 6.07) is -0.985. The first kappa shape index (κ1) is 48.2. The number of carbonyl (C=O) groups excluding carboxylic acids is 1. The summed E-state index contributed by atoms with van der Waals surface area (Å²) in [6.07, 6.45) is 19.7. The van der Waals surface area contributed by atoms with Crippen LogP contribution < -0.4 is 5.32 Å². The molecule has 10 heteroatoms. The van der Waals surface area contributed by atoms with Crippen LogP contribution in [0.25, 0.3) is 0 Å². The van der Waals surface area contributed by atoms with E-state index in [0.717, 1.165) is 57.3 Å². The van der Waals surface area contributed by atoms with Crippen molar-refractivity contribution in [1.29, 1.82) is 0 Å². The van der Waals surface area contributed by atoms with Gasteiger partial charge in [-0.3, -0.25) is 4.79 Å². The molecule has 0 aliphatic carbocycles. The summed E-state index contributed by atoms with van der Waals surface area (Å²) in [5, 5.41) is 64.9. The fourth-order valence-corrected chi connectivity index (χ4v) is 6.94. The average Bonchev–Trinajstić information content (AvgIpc) is 3.13. The van der Waals surface area contributed by atoms with E-state index in [9.17, 15) is 35.4 Å². The molecular formula is C41H81NO9. The number of rotatable bonds is 34. The van der Waals surface area contributed by atoms with Crippen LogP contribution in [0.5, 0.6) is 0 Å². The quantitative estimate of drug-likeness (QED) is 0.0351. The predicted molar refractivity (Wildman–Crippen MR) is 204 cm³/mol. The van der Waals surface area contributed by atoms with E-state index in [1.807, 2.05) is 0 Å². The highest BCUT2D eigenvalue weighted by Crippen LogP contribution is 2.23. The van der Waals surface area contributed by atoms with E-state index in [1.165, 1.54) is 103 Å². The Balaban J connectivity index is 2.44. The second-order valence-electron chi connectivity index (χ2n) is 15.5. The zero-order valence-electron chi connectivity index (χ0n) is 32.9. The van der Waals surface area contributed by atoms with Gasteiger partial charge < -0.3 is 45.4 Å². The largest absolute Gasteiger partial charge is 0.394 e. The first-order chi connectivity index (χ1) is 24.7. The van der Waals surface area contributed by atoms with Crippen molar-refractivity contribution in [1.82, 2.24) is 5.32 Å². The number of hydrogen-bond donors (Lipinski definition) is 7. The molecule has 1 aliphatic rings. The molecule has 1 fully saturated rings. The maximum Gasteiger partial charge on any atom is 0.220 e. The second kappa shape index (κ2) is 31.5. The third-order valence-electron chi connectivity index (χ3n) is 10.8. The molecule has 0 saturated carbocycles. The molecule has 1 rings (SSSR count). The smallest absolute Gasteiger partial charge is 0.220 e. The molecule has 0 radical (unpaired) electrons. The van der Waals surface area contributed by atoms with Gasteiger partial charge in [0, 0.05) is 6.42 Å². The topological polar surface area (TPSA) is 169 Å². The van der Waals surface area contributed by atoms with Crippen molar-refractivity contribution < 1.29 is 44.9 Å². The minimum Gasteiger partial charge on any atom is -0.394 e. The van der Waals surface area contributed by atoms with Crippen molar-refractivity contribution in [2.75, 3.05) is 13.2 Å². The van der Waals surface area contributed by atoms with Crippen LogP contribution in [0.1, 0.15) is 188 Å². The number of amides is 1. The second-order valence-corrected chi connectivity index (χ2v) is 15.5. The Hall–Kier alpha value is -0.850. The van der Waals surface area contributed by atoms with Crippen LogP contribution in [0, 0.1) is 5.92 Å². The van der Waals surface area contributed by atoms with Gasteiger partial charge in [-0.15, -0.1) is 0 Å². The number of ether oxygens (including phenoxy) is 2. The Morgan fingerprint density at radius 3 is 1.63 bits per heavy atom. The number of carbonyl (C=O) groups is 1. The highest BCUT2D eigenvalue weighted by Gasteiger charge is 2.44.